The number of halogens is 2. The van der Waals surface area contributed by atoms with Crippen molar-refractivity contribution in [3.63, 3.8) is 0 Å². The van der Waals surface area contributed by atoms with Gasteiger partial charge in [-0.1, -0.05) is 0 Å². The predicted molar refractivity (Wildman–Crippen MR) is 38.3 cm³/mol. The molecule has 0 N–H and O–H groups in total. The summed E-state index contributed by atoms with van der Waals surface area (Å²) < 4.78 is 0.960. The molecule has 0 aromatic carbocycles. The summed E-state index contributed by atoms with van der Waals surface area (Å²) in [7, 11) is 0. The van der Waals surface area contributed by atoms with Crippen molar-refractivity contribution in [2.24, 2.45) is 5.92 Å². The van der Waals surface area contributed by atoms with Gasteiger partial charge in [-0.15, -0.1) is 0 Å². The molecule has 0 bridgehead atoms. The molecule has 0 aromatic rings. The first kappa shape index (κ1) is 12.2. The maximum atomic E-state index is 2.35. The molecule has 1 fully saturated rings. The zero-order chi connectivity index (χ0) is 6.97. The Hall–Kier alpha value is 0.223. The molecule has 65 valence electrons. The van der Waals surface area contributed by atoms with Crippen LogP contribution in [0.15, 0.2) is 23.8 Å². The second-order valence-electron chi connectivity index (χ2n) is 3.16. The molecule has 0 saturated heterocycles. The van der Waals surface area contributed by atoms with Crippen molar-refractivity contribution >= 4 is 0 Å². The predicted octanol–water partition coefficient (Wildman–Crippen LogP) is -3.37. The van der Waals surface area contributed by atoms with Crippen LogP contribution in [-0.4, -0.2) is 0 Å². The molecule has 0 aliphatic heterocycles. The van der Waals surface area contributed by atoms with Gasteiger partial charge in [0.15, 0.2) is 0 Å². The molecule has 0 amide bonds. The molecule has 2 atom stereocenters. The van der Waals surface area contributed by atoms with Crippen molar-refractivity contribution < 1.29 is 34.1 Å². The summed E-state index contributed by atoms with van der Waals surface area (Å²) in [5, 5.41) is 0. The summed E-state index contributed by atoms with van der Waals surface area (Å²) >= 11 is 1.72. The minimum atomic E-state index is 0. The SMILES string of the molecule is [F-].[F-].[Zr+2][CH]1CCC2CC=CC=C12. The van der Waals surface area contributed by atoms with Crippen LogP contribution in [0.25, 0.3) is 0 Å². The molecule has 1 saturated carbocycles. The summed E-state index contributed by atoms with van der Waals surface area (Å²) in [6, 6.07) is 0. The van der Waals surface area contributed by atoms with Gasteiger partial charge >= 0.3 is 77.3 Å². The average Bonchev–Trinajstić information content (AvgIpc) is 2.34. The Morgan fingerprint density at radius 3 is 2.67 bits per heavy atom. The van der Waals surface area contributed by atoms with Crippen molar-refractivity contribution in [2.75, 3.05) is 0 Å². The molecule has 0 aromatic heterocycles. The summed E-state index contributed by atoms with van der Waals surface area (Å²) in [6.07, 6.45) is 11.1. The van der Waals surface area contributed by atoms with E-state index >= 15 is 0 Å². The number of hydrogen-bond acceptors (Lipinski definition) is 0. The van der Waals surface area contributed by atoms with Gasteiger partial charge in [-0.2, -0.15) is 0 Å². The van der Waals surface area contributed by atoms with E-state index in [0.29, 0.717) is 0 Å². The molecular formula is C9H11F2Zr. The van der Waals surface area contributed by atoms with Crippen LogP contribution in [0.4, 0.5) is 0 Å². The normalized spacial score (nSPS) is 31.3. The van der Waals surface area contributed by atoms with Crippen LogP contribution < -0.4 is 9.41 Å². The molecule has 0 heterocycles. The first-order valence-corrected chi connectivity index (χ1v) is 5.37. The van der Waals surface area contributed by atoms with Crippen molar-refractivity contribution in [1.82, 2.24) is 0 Å². The van der Waals surface area contributed by atoms with Crippen LogP contribution >= 0.6 is 0 Å². The first-order chi connectivity index (χ1) is 4.88. The average molecular weight is 248 g/mol. The van der Waals surface area contributed by atoms with Gasteiger partial charge in [0.2, 0.25) is 0 Å². The van der Waals surface area contributed by atoms with E-state index in [0.717, 1.165) is 9.54 Å². The molecule has 2 unspecified atom stereocenters. The van der Waals surface area contributed by atoms with Crippen LogP contribution in [0.3, 0.4) is 0 Å². The Labute approximate surface area is 86.7 Å². The van der Waals surface area contributed by atoms with Crippen molar-refractivity contribution in [2.45, 2.75) is 22.9 Å². The Bertz CT molecular complexity index is 199. The third-order valence-corrected chi connectivity index (χ3v) is 4.05. The van der Waals surface area contributed by atoms with E-state index in [-0.39, 0.29) is 9.41 Å². The molecule has 2 aliphatic carbocycles. The number of rotatable bonds is 0. The molecule has 12 heavy (non-hydrogen) atoms. The maximum absolute atomic E-state index is 2.35. The number of hydrogen-bond donors (Lipinski definition) is 0. The number of allylic oxidation sites excluding steroid dienone is 4. The van der Waals surface area contributed by atoms with Crippen molar-refractivity contribution in [3.05, 3.63) is 23.8 Å². The molecule has 0 spiro atoms. The van der Waals surface area contributed by atoms with E-state index in [1.807, 2.05) is 0 Å². The summed E-state index contributed by atoms with van der Waals surface area (Å²) in [4.78, 5) is 0. The molecule has 0 radical (unpaired) electrons. The van der Waals surface area contributed by atoms with Gasteiger partial charge in [0.25, 0.3) is 0 Å². The van der Waals surface area contributed by atoms with E-state index in [9.17, 15) is 0 Å². The van der Waals surface area contributed by atoms with Gasteiger partial charge in [0.1, 0.15) is 0 Å². The summed E-state index contributed by atoms with van der Waals surface area (Å²) in [5.41, 5.74) is 1.75. The summed E-state index contributed by atoms with van der Waals surface area (Å²) in [6.45, 7) is 0. The van der Waals surface area contributed by atoms with E-state index in [4.69, 9.17) is 0 Å². The molecular weight excluding hydrogens is 237 g/mol. The fourth-order valence-corrected chi connectivity index (χ4v) is 3.14. The van der Waals surface area contributed by atoms with Gasteiger partial charge in [-0.05, 0) is 0 Å². The standard InChI is InChI=1S/C9H11.2FH.Zr/c1-2-5-9-7-3-6-8(9)4-1;;;/h1-2,4,6,9H,3,5,7H2;2*1H;/q;;;+2/p-2. The van der Waals surface area contributed by atoms with E-state index < -0.39 is 0 Å². The van der Waals surface area contributed by atoms with Gasteiger partial charge < -0.3 is 9.41 Å². The van der Waals surface area contributed by atoms with Crippen LogP contribution in [0.1, 0.15) is 19.3 Å². The van der Waals surface area contributed by atoms with Crippen LogP contribution in [-0.2, 0) is 24.7 Å². The first-order valence-electron chi connectivity index (χ1n) is 3.95. The Kier molecular flexibility index (Phi) is 5.16. The van der Waals surface area contributed by atoms with Gasteiger partial charge in [0.05, 0.1) is 0 Å². The third-order valence-electron chi connectivity index (χ3n) is 2.52. The van der Waals surface area contributed by atoms with Crippen LogP contribution in [0.5, 0.6) is 0 Å². The van der Waals surface area contributed by atoms with E-state index in [2.05, 4.69) is 18.2 Å². The minimum absolute atomic E-state index is 0. The van der Waals surface area contributed by atoms with Crippen molar-refractivity contribution in [1.29, 1.82) is 0 Å². The zero-order valence-corrected chi connectivity index (χ0v) is 9.22. The van der Waals surface area contributed by atoms with E-state index in [1.54, 1.807) is 30.3 Å². The Morgan fingerprint density at radius 2 is 2.00 bits per heavy atom. The molecule has 2 aliphatic rings. The Balaban J connectivity index is 0.000000605. The molecule has 0 nitrogen and oxygen atoms in total. The van der Waals surface area contributed by atoms with E-state index in [1.165, 1.54) is 19.3 Å². The van der Waals surface area contributed by atoms with Gasteiger partial charge in [0, 0.05) is 0 Å². The van der Waals surface area contributed by atoms with Crippen LogP contribution in [0, 0.1) is 5.92 Å². The fourth-order valence-electron chi connectivity index (χ4n) is 1.91. The second kappa shape index (κ2) is 5.06. The zero-order valence-electron chi connectivity index (χ0n) is 6.76. The van der Waals surface area contributed by atoms with Gasteiger partial charge in [-0.25, -0.2) is 0 Å². The van der Waals surface area contributed by atoms with Crippen LogP contribution in [0.2, 0.25) is 3.63 Å². The third kappa shape index (κ3) is 2.13. The van der Waals surface area contributed by atoms with Crippen molar-refractivity contribution in [3.8, 4) is 0 Å². The second-order valence-corrected chi connectivity index (χ2v) is 4.87. The van der Waals surface area contributed by atoms with Gasteiger partial charge in [-0.3, -0.25) is 0 Å². The quantitative estimate of drug-likeness (QED) is 0.420. The number of fused-ring (bicyclic) bond motifs is 1. The molecule has 3 heteroatoms. The fraction of sp³-hybridized carbons (Fsp3) is 0.556. The summed E-state index contributed by atoms with van der Waals surface area (Å²) in [5.74, 6) is 0.939. The Morgan fingerprint density at radius 1 is 1.25 bits per heavy atom. The monoisotopic (exact) mass is 247 g/mol. The molecule has 2 rings (SSSR count). The topological polar surface area (TPSA) is 0 Å².